The molecule has 1 amide bonds. The number of carbonyl (C=O) groups excluding carboxylic acids is 1. The lowest BCUT2D eigenvalue weighted by Crippen LogP contribution is -2.44. The van der Waals surface area contributed by atoms with Crippen LogP contribution in [0.5, 0.6) is 5.88 Å². The molecule has 0 aliphatic heterocycles. The summed E-state index contributed by atoms with van der Waals surface area (Å²) in [7, 11) is -3.07. The molecule has 2 aliphatic carbocycles. The maximum Gasteiger partial charge on any atom is 0.270 e. The van der Waals surface area contributed by atoms with Gasteiger partial charge in [0.25, 0.3) is 5.91 Å². The van der Waals surface area contributed by atoms with E-state index in [1.807, 2.05) is 19.9 Å². The van der Waals surface area contributed by atoms with Crippen LogP contribution < -0.4 is 10.1 Å². The lowest BCUT2D eigenvalue weighted by atomic mass is 10.0. The highest BCUT2D eigenvalue weighted by molar-refractivity contribution is 7.90. The molecule has 2 fully saturated rings. The first-order chi connectivity index (χ1) is 12.1. The molecule has 0 radical (unpaired) electrons. The number of ether oxygens (including phenoxy) is 1. The Hall–Kier alpha value is -1.63. The molecule has 6 nitrogen and oxygen atoms in total. The predicted molar refractivity (Wildman–Crippen MR) is 100 cm³/mol. The molecule has 26 heavy (non-hydrogen) atoms. The molecule has 3 rings (SSSR count). The molecule has 1 aromatic rings. The number of rotatable bonds is 9. The molecule has 1 heterocycles. The summed E-state index contributed by atoms with van der Waals surface area (Å²) in [6.45, 7) is 4.30. The summed E-state index contributed by atoms with van der Waals surface area (Å²) in [5.74, 6) is 1.43. The van der Waals surface area contributed by atoms with Crippen LogP contribution in [0.1, 0.15) is 67.9 Å². The molecule has 7 heteroatoms. The molecule has 2 saturated carbocycles. The molecule has 0 bridgehead atoms. The van der Waals surface area contributed by atoms with Gasteiger partial charge in [0, 0.05) is 17.4 Å². The van der Waals surface area contributed by atoms with Gasteiger partial charge in [-0.1, -0.05) is 6.07 Å². The lowest BCUT2D eigenvalue weighted by molar-refractivity contribution is 0.0905. The Morgan fingerprint density at radius 2 is 1.96 bits per heavy atom. The first kappa shape index (κ1) is 19.1. The fraction of sp³-hybridized carbons (Fsp3) is 0.684. The van der Waals surface area contributed by atoms with E-state index < -0.39 is 15.4 Å². The summed E-state index contributed by atoms with van der Waals surface area (Å²) >= 11 is 0. The van der Waals surface area contributed by atoms with Gasteiger partial charge < -0.3 is 10.1 Å². The predicted octanol–water partition coefficient (Wildman–Crippen LogP) is 2.69. The molecule has 144 valence electrons. The molecule has 0 spiro atoms. The van der Waals surface area contributed by atoms with Crippen molar-refractivity contribution in [3.8, 4) is 5.88 Å². The normalized spacial score (nSPS) is 17.8. The second-order valence-electron chi connectivity index (χ2n) is 8.34. The number of nitrogens with zero attached hydrogens (tertiary/aromatic N) is 1. The van der Waals surface area contributed by atoms with Crippen molar-refractivity contribution in [3.63, 3.8) is 0 Å². The van der Waals surface area contributed by atoms with Gasteiger partial charge in [0.15, 0.2) is 0 Å². The first-order valence-corrected chi connectivity index (χ1v) is 11.3. The third kappa shape index (κ3) is 5.69. The van der Waals surface area contributed by atoms with Crippen molar-refractivity contribution in [1.82, 2.24) is 10.3 Å². The number of nitrogens with one attached hydrogen (secondary N) is 1. The van der Waals surface area contributed by atoms with Gasteiger partial charge in [0.05, 0.1) is 12.4 Å². The molecular weight excluding hydrogens is 352 g/mol. The minimum atomic E-state index is -3.07. The van der Waals surface area contributed by atoms with Crippen LogP contribution in [0.2, 0.25) is 0 Å². The van der Waals surface area contributed by atoms with Crippen LogP contribution in [0.4, 0.5) is 0 Å². The second-order valence-corrected chi connectivity index (χ2v) is 10.6. The summed E-state index contributed by atoms with van der Waals surface area (Å²) < 4.78 is 28.7. The van der Waals surface area contributed by atoms with Gasteiger partial charge in [-0.3, -0.25) is 4.79 Å². The van der Waals surface area contributed by atoms with Crippen LogP contribution in [0.15, 0.2) is 12.1 Å². The average molecular weight is 381 g/mol. The van der Waals surface area contributed by atoms with E-state index in [1.165, 1.54) is 19.1 Å². The van der Waals surface area contributed by atoms with Gasteiger partial charge in [-0.15, -0.1) is 0 Å². The Balaban J connectivity index is 1.68. The van der Waals surface area contributed by atoms with Crippen molar-refractivity contribution in [1.29, 1.82) is 0 Å². The topological polar surface area (TPSA) is 85.4 Å². The van der Waals surface area contributed by atoms with Crippen molar-refractivity contribution in [2.45, 2.75) is 57.4 Å². The van der Waals surface area contributed by atoms with Crippen LogP contribution in [-0.2, 0) is 9.84 Å². The highest BCUT2D eigenvalue weighted by atomic mass is 32.2. The van der Waals surface area contributed by atoms with E-state index in [4.69, 9.17) is 4.74 Å². The van der Waals surface area contributed by atoms with Crippen LogP contribution in [-0.4, -0.2) is 43.5 Å². The van der Waals surface area contributed by atoms with E-state index in [9.17, 15) is 13.2 Å². The summed E-state index contributed by atoms with van der Waals surface area (Å²) in [6, 6.07) is 3.69. The van der Waals surface area contributed by atoms with Gasteiger partial charge in [0.1, 0.15) is 15.5 Å². The maximum atomic E-state index is 12.6. The fourth-order valence-electron chi connectivity index (χ4n) is 2.75. The number of pyridine rings is 1. The van der Waals surface area contributed by atoms with Gasteiger partial charge in [-0.05, 0) is 63.9 Å². The van der Waals surface area contributed by atoms with Crippen molar-refractivity contribution in [2.24, 2.45) is 5.92 Å². The highest BCUT2D eigenvalue weighted by Crippen LogP contribution is 2.44. The van der Waals surface area contributed by atoms with Crippen LogP contribution in [0.3, 0.4) is 0 Å². The molecule has 0 saturated heterocycles. The SMILES string of the molecule is CC(C)(CCS(C)(=O)=O)NC(=O)c1ccc(C2CC2)c(OCC2CC2)n1. The van der Waals surface area contributed by atoms with Gasteiger partial charge >= 0.3 is 0 Å². The van der Waals surface area contributed by atoms with Crippen molar-refractivity contribution in [3.05, 3.63) is 23.4 Å². The summed E-state index contributed by atoms with van der Waals surface area (Å²) in [6.07, 6.45) is 6.24. The van der Waals surface area contributed by atoms with E-state index in [1.54, 1.807) is 6.07 Å². The highest BCUT2D eigenvalue weighted by Gasteiger charge is 2.30. The molecule has 0 atom stereocenters. The zero-order valence-corrected chi connectivity index (χ0v) is 16.6. The number of carbonyl (C=O) groups is 1. The molecule has 0 aromatic carbocycles. The van der Waals surface area contributed by atoms with E-state index in [2.05, 4.69) is 10.3 Å². The van der Waals surface area contributed by atoms with E-state index in [0.717, 1.165) is 18.4 Å². The Bertz CT molecular complexity index is 781. The van der Waals surface area contributed by atoms with E-state index in [-0.39, 0.29) is 11.7 Å². The summed E-state index contributed by atoms with van der Waals surface area (Å²) in [5, 5.41) is 2.89. The van der Waals surface area contributed by atoms with Crippen molar-refractivity contribution >= 4 is 15.7 Å². The number of hydrogen-bond donors (Lipinski definition) is 1. The quantitative estimate of drug-likeness (QED) is 0.712. The Morgan fingerprint density at radius 1 is 1.27 bits per heavy atom. The average Bonchev–Trinajstić information content (AvgIpc) is 3.44. The van der Waals surface area contributed by atoms with Crippen LogP contribution >= 0.6 is 0 Å². The fourth-order valence-corrected chi connectivity index (χ4v) is 3.64. The third-order valence-corrected chi connectivity index (χ3v) is 5.79. The van der Waals surface area contributed by atoms with E-state index in [0.29, 0.717) is 36.4 Å². The Morgan fingerprint density at radius 3 is 2.54 bits per heavy atom. The molecule has 0 unspecified atom stereocenters. The molecule has 1 aromatic heterocycles. The monoisotopic (exact) mass is 380 g/mol. The number of sulfone groups is 1. The maximum absolute atomic E-state index is 12.6. The van der Waals surface area contributed by atoms with Crippen molar-refractivity contribution < 1.29 is 17.9 Å². The van der Waals surface area contributed by atoms with Gasteiger partial charge in [0.2, 0.25) is 5.88 Å². The molecular formula is C19H28N2O4S. The Kier molecular flexibility index (Phi) is 5.28. The van der Waals surface area contributed by atoms with Crippen LogP contribution in [0, 0.1) is 5.92 Å². The minimum absolute atomic E-state index is 0.0318. The molecule has 2 aliphatic rings. The third-order valence-electron chi connectivity index (χ3n) is 4.84. The zero-order valence-electron chi connectivity index (χ0n) is 15.7. The molecule has 1 N–H and O–H groups in total. The van der Waals surface area contributed by atoms with E-state index >= 15 is 0 Å². The largest absolute Gasteiger partial charge is 0.477 e. The van der Waals surface area contributed by atoms with Crippen molar-refractivity contribution in [2.75, 3.05) is 18.6 Å². The summed E-state index contributed by atoms with van der Waals surface area (Å²) in [5.41, 5.74) is 0.776. The lowest BCUT2D eigenvalue weighted by Gasteiger charge is -2.26. The Labute approximate surface area is 155 Å². The standard InChI is InChI=1S/C19H28N2O4S/c1-19(2,10-11-26(3,23)24)21-17(22)16-9-8-15(14-6-7-14)18(20-16)25-12-13-4-5-13/h8-9,13-14H,4-7,10-12H2,1-3H3,(H,21,22). The smallest absolute Gasteiger partial charge is 0.270 e. The van der Waals surface area contributed by atoms with Gasteiger partial charge in [-0.2, -0.15) is 0 Å². The first-order valence-electron chi connectivity index (χ1n) is 9.27. The zero-order chi connectivity index (χ0) is 18.9. The second kappa shape index (κ2) is 7.18. The summed E-state index contributed by atoms with van der Waals surface area (Å²) in [4.78, 5) is 17.1. The minimum Gasteiger partial charge on any atom is -0.477 e. The van der Waals surface area contributed by atoms with Crippen LogP contribution in [0.25, 0.3) is 0 Å². The van der Waals surface area contributed by atoms with Gasteiger partial charge in [-0.25, -0.2) is 13.4 Å². The number of aromatic nitrogens is 1. The number of hydrogen-bond acceptors (Lipinski definition) is 5. The number of amides is 1.